The Hall–Kier alpha value is -2.86. The lowest BCUT2D eigenvalue weighted by Crippen LogP contribution is -2.13. The van der Waals surface area contributed by atoms with Gasteiger partial charge in [0.05, 0.1) is 13.2 Å². The van der Waals surface area contributed by atoms with E-state index in [9.17, 15) is 0 Å². The van der Waals surface area contributed by atoms with E-state index in [2.05, 4.69) is 15.2 Å². The van der Waals surface area contributed by atoms with Crippen molar-refractivity contribution in [1.82, 2.24) is 15.2 Å². The van der Waals surface area contributed by atoms with Crippen LogP contribution in [0, 0.1) is 6.92 Å². The number of aromatic amines is 1. The van der Waals surface area contributed by atoms with Gasteiger partial charge in [-0.1, -0.05) is 29.8 Å². The van der Waals surface area contributed by atoms with Crippen LogP contribution >= 0.6 is 0 Å². The molecule has 6 nitrogen and oxygen atoms in total. The molecule has 0 aliphatic rings. The summed E-state index contributed by atoms with van der Waals surface area (Å²) in [5.41, 5.74) is 8.38. The van der Waals surface area contributed by atoms with E-state index >= 15 is 0 Å². The molecule has 2 aromatic carbocycles. The largest absolute Gasteiger partial charge is 0.497 e. The smallest absolute Gasteiger partial charge is 0.172 e. The highest BCUT2D eigenvalue weighted by Crippen LogP contribution is 2.19. The molecule has 0 amide bonds. The molecule has 0 spiro atoms. The van der Waals surface area contributed by atoms with Gasteiger partial charge in [-0.15, -0.1) is 0 Å². The molecule has 0 saturated heterocycles. The number of hydrogen-bond donors (Lipinski definition) is 2. The molecule has 3 N–H and O–H groups in total. The van der Waals surface area contributed by atoms with Crippen LogP contribution in [0.1, 0.15) is 28.8 Å². The number of aromatic nitrogens is 3. The molecule has 1 atom stereocenters. The number of benzene rings is 2. The monoisotopic (exact) mass is 324 g/mol. The van der Waals surface area contributed by atoms with Gasteiger partial charge in [-0.25, -0.2) is 4.98 Å². The van der Waals surface area contributed by atoms with E-state index in [0.29, 0.717) is 18.3 Å². The Morgan fingerprint density at radius 1 is 1.04 bits per heavy atom. The van der Waals surface area contributed by atoms with Crippen molar-refractivity contribution >= 4 is 0 Å². The Kier molecular flexibility index (Phi) is 4.77. The number of H-pyrrole nitrogens is 1. The highest BCUT2D eigenvalue weighted by molar-refractivity contribution is 5.31. The van der Waals surface area contributed by atoms with Gasteiger partial charge in [-0.3, -0.25) is 5.10 Å². The van der Waals surface area contributed by atoms with E-state index in [1.165, 1.54) is 5.56 Å². The average molecular weight is 324 g/mol. The first-order valence-electron chi connectivity index (χ1n) is 7.66. The van der Waals surface area contributed by atoms with Crippen LogP contribution < -0.4 is 15.2 Å². The van der Waals surface area contributed by atoms with Crippen LogP contribution in [0.2, 0.25) is 0 Å². The zero-order valence-corrected chi connectivity index (χ0v) is 13.7. The molecule has 0 bridgehead atoms. The standard InChI is InChI=1S/C18H20N4O2/c1-12-3-5-13(6-4-12)17(19)18-20-16(21-22-18)11-24-15-9-7-14(23-2)8-10-15/h3-10,17H,11,19H2,1-2H3,(H,20,21,22)/t17-/m0/s1. The van der Waals surface area contributed by atoms with Gasteiger partial charge in [0, 0.05) is 0 Å². The predicted octanol–water partition coefficient (Wildman–Crippen LogP) is 2.75. The summed E-state index contributed by atoms with van der Waals surface area (Å²) >= 11 is 0. The highest BCUT2D eigenvalue weighted by atomic mass is 16.5. The fraction of sp³-hybridized carbons (Fsp3) is 0.222. The van der Waals surface area contributed by atoms with Gasteiger partial charge in [0.15, 0.2) is 11.6 Å². The topological polar surface area (TPSA) is 86.1 Å². The van der Waals surface area contributed by atoms with Crippen molar-refractivity contribution in [3.05, 3.63) is 71.3 Å². The van der Waals surface area contributed by atoms with Crippen molar-refractivity contribution in [2.75, 3.05) is 7.11 Å². The molecule has 6 heteroatoms. The van der Waals surface area contributed by atoms with Crippen LogP contribution in [0.4, 0.5) is 0 Å². The number of rotatable bonds is 6. The summed E-state index contributed by atoms with van der Waals surface area (Å²) < 4.78 is 10.8. The van der Waals surface area contributed by atoms with E-state index in [-0.39, 0.29) is 6.04 Å². The fourth-order valence-corrected chi connectivity index (χ4v) is 2.26. The summed E-state index contributed by atoms with van der Waals surface area (Å²) in [6.07, 6.45) is 0. The van der Waals surface area contributed by atoms with E-state index in [4.69, 9.17) is 15.2 Å². The van der Waals surface area contributed by atoms with E-state index in [1.807, 2.05) is 55.5 Å². The van der Waals surface area contributed by atoms with Crippen molar-refractivity contribution < 1.29 is 9.47 Å². The first-order chi connectivity index (χ1) is 11.7. The molecular weight excluding hydrogens is 304 g/mol. The zero-order valence-electron chi connectivity index (χ0n) is 13.7. The third-order valence-corrected chi connectivity index (χ3v) is 3.70. The Bertz CT molecular complexity index is 782. The SMILES string of the molecule is COc1ccc(OCc2nc([C@@H](N)c3ccc(C)cc3)n[nH]2)cc1. The average Bonchev–Trinajstić information content (AvgIpc) is 3.09. The number of aryl methyl sites for hydroxylation is 1. The second-order valence-corrected chi connectivity index (χ2v) is 5.49. The van der Waals surface area contributed by atoms with E-state index in [1.54, 1.807) is 7.11 Å². The zero-order chi connectivity index (χ0) is 16.9. The minimum atomic E-state index is -0.364. The first-order valence-corrected chi connectivity index (χ1v) is 7.66. The number of nitrogens with two attached hydrogens (primary N) is 1. The molecule has 1 heterocycles. The van der Waals surface area contributed by atoms with Gasteiger partial charge in [0.1, 0.15) is 18.1 Å². The van der Waals surface area contributed by atoms with Gasteiger partial charge in [-0.2, -0.15) is 5.10 Å². The van der Waals surface area contributed by atoms with Crippen molar-refractivity contribution in [3.8, 4) is 11.5 Å². The summed E-state index contributed by atoms with van der Waals surface area (Å²) in [4.78, 5) is 4.42. The van der Waals surface area contributed by atoms with E-state index < -0.39 is 0 Å². The lowest BCUT2D eigenvalue weighted by Gasteiger charge is -2.08. The molecule has 3 aromatic rings. The highest BCUT2D eigenvalue weighted by Gasteiger charge is 2.14. The van der Waals surface area contributed by atoms with Crippen LogP contribution in [0.3, 0.4) is 0 Å². The van der Waals surface area contributed by atoms with Crippen LogP contribution in [0.25, 0.3) is 0 Å². The molecule has 3 rings (SSSR count). The van der Waals surface area contributed by atoms with Crippen LogP contribution in [0.5, 0.6) is 11.5 Å². The van der Waals surface area contributed by atoms with E-state index in [0.717, 1.165) is 17.1 Å². The molecule has 0 saturated carbocycles. The lowest BCUT2D eigenvalue weighted by atomic mass is 10.1. The molecule has 24 heavy (non-hydrogen) atoms. The number of methoxy groups -OCH3 is 1. The quantitative estimate of drug-likeness (QED) is 0.728. The summed E-state index contributed by atoms with van der Waals surface area (Å²) in [7, 11) is 1.63. The maximum atomic E-state index is 6.22. The van der Waals surface area contributed by atoms with Gasteiger partial charge in [0.25, 0.3) is 0 Å². The summed E-state index contributed by atoms with van der Waals surface area (Å²) in [6.45, 7) is 2.33. The molecule has 1 aromatic heterocycles. The molecule has 0 aliphatic heterocycles. The summed E-state index contributed by atoms with van der Waals surface area (Å²) in [5, 5.41) is 7.06. The van der Waals surface area contributed by atoms with Gasteiger partial charge < -0.3 is 15.2 Å². The predicted molar refractivity (Wildman–Crippen MR) is 90.9 cm³/mol. The number of ether oxygens (including phenoxy) is 2. The minimum absolute atomic E-state index is 0.292. The Morgan fingerprint density at radius 3 is 2.38 bits per heavy atom. The van der Waals surface area contributed by atoms with Crippen molar-refractivity contribution in [3.63, 3.8) is 0 Å². The molecular formula is C18H20N4O2. The van der Waals surface area contributed by atoms with Crippen LogP contribution in [-0.2, 0) is 6.61 Å². The Balaban J connectivity index is 1.63. The second kappa shape index (κ2) is 7.14. The molecule has 0 aliphatic carbocycles. The molecule has 0 fully saturated rings. The minimum Gasteiger partial charge on any atom is -0.497 e. The van der Waals surface area contributed by atoms with Gasteiger partial charge in [-0.05, 0) is 36.8 Å². The summed E-state index contributed by atoms with van der Waals surface area (Å²) in [5.74, 6) is 2.69. The summed E-state index contributed by atoms with van der Waals surface area (Å²) in [6, 6.07) is 15.0. The maximum absolute atomic E-state index is 6.22. The molecule has 0 radical (unpaired) electrons. The molecule has 0 unspecified atom stereocenters. The van der Waals surface area contributed by atoms with Crippen molar-refractivity contribution in [2.45, 2.75) is 19.6 Å². The fourth-order valence-electron chi connectivity index (χ4n) is 2.26. The van der Waals surface area contributed by atoms with Crippen molar-refractivity contribution in [2.24, 2.45) is 5.73 Å². The van der Waals surface area contributed by atoms with Crippen molar-refractivity contribution in [1.29, 1.82) is 0 Å². The van der Waals surface area contributed by atoms with Gasteiger partial charge in [0.2, 0.25) is 0 Å². The number of hydrogen-bond acceptors (Lipinski definition) is 5. The Labute approximate surface area is 140 Å². The second-order valence-electron chi connectivity index (χ2n) is 5.49. The normalized spacial score (nSPS) is 12.0. The maximum Gasteiger partial charge on any atom is 0.172 e. The Morgan fingerprint density at radius 2 is 1.71 bits per heavy atom. The van der Waals surface area contributed by atoms with Gasteiger partial charge >= 0.3 is 0 Å². The van der Waals surface area contributed by atoms with Crippen LogP contribution in [0.15, 0.2) is 48.5 Å². The number of nitrogens with one attached hydrogen (secondary N) is 1. The third kappa shape index (κ3) is 3.72. The third-order valence-electron chi connectivity index (χ3n) is 3.70. The molecule has 124 valence electrons. The lowest BCUT2D eigenvalue weighted by molar-refractivity contribution is 0.295. The number of nitrogens with zero attached hydrogens (tertiary/aromatic N) is 2. The van der Waals surface area contributed by atoms with Crippen LogP contribution in [-0.4, -0.2) is 22.3 Å². The first kappa shape index (κ1) is 16.0.